The number of ketones is 1. The van der Waals surface area contributed by atoms with Crippen LogP contribution in [0.25, 0.3) is 21.9 Å². The highest BCUT2D eigenvalue weighted by Crippen LogP contribution is 2.35. The van der Waals surface area contributed by atoms with Gasteiger partial charge in [-0.15, -0.1) is 0 Å². The van der Waals surface area contributed by atoms with Gasteiger partial charge < -0.3 is 5.32 Å². The Balaban J connectivity index is 1.96. The number of hydrogen-bond acceptors (Lipinski definition) is 4. The highest BCUT2D eigenvalue weighted by Gasteiger charge is 2.16. The summed E-state index contributed by atoms with van der Waals surface area (Å²) in [6.07, 6.45) is 0. The maximum Gasteiger partial charge on any atom is 0.160 e. The normalized spacial score (nSPS) is 11.2. The Morgan fingerprint density at radius 2 is 1.81 bits per heavy atom. The Morgan fingerprint density at radius 3 is 2.50 bits per heavy atom. The van der Waals surface area contributed by atoms with E-state index >= 15 is 0 Å². The van der Waals surface area contributed by atoms with Crippen LogP contribution in [0, 0.1) is 13.8 Å². The number of nitrogens with zero attached hydrogens (tertiary/aromatic N) is 3. The van der Waals surface area contributed by atoms with E-state index in [2.05, 4.69) is 29.5 Å². The minimum atomic E-state index is 0.0621. The van der Waals surface area contributed by atoms with Gasteiger partial charge in [-0.25, -0.2) is 4.98 Å². The molecule has 2 aromatic carbocycles. The number of fused-ring (bicyclic) bond motifs is 2. The zero-order valence-electron chi connectivity index (χ0n) is 15.3. The van der Waals surface area contributed by atoms with E-state index in [-0.39, 0.29) is 5.78 Å². The first kappa shape index (κ1) is 16.3. The third-order valence-corrected chi connectivity index (χ3v) is 4.73. The van der Waals surface area contributed by atoms with Gasteiger partial charge in [-0.1, -0.05) is 18.2 Å². The number of hydrogen-bond donors (Lipinski definition) is 1. The molecule has 5 nitrogen and oxygen atoms in total. The molecule has 0 fully saturated rings. The molecule has 0 atom stereocenters. The number of anilines is 2. The van der Waals surface area contributed by atoms with Crippen LogP contribution >= 0.6 is 0 Å². The van der Waals surface area contributed by atoms with Crippen molar-refractivity contribution in [3.63, 3.8) is 0 Å². The molecule has 0 bridgehead atoms. The Labute approximate surface area is 151 Å². The third-order valence-electron chi connectivity index (χ3n) is 4.73. The number of aromatic nitrogens is 3. The van der Waals surface area contributed by atoms with E-state index in [9.17, 15) is 4.79 Å². The van der Waals surface area contributed by atoms with Crippen molar-refractivity contribution >= 4 is 39.1 Å². The highest BCUT2D eigenvalue weighted by molar-refractivity contribution is 6.09. The van der Waals surface area contributed by atoms with Gasteiger partial charge in [0.15, 0.2) is 11.4 Å². The van der Waals surface area contributed by atoms with Gasteiger partial charge in [0, 0.05) is 23.7 Å². The van der Waals surface area contributed by atoms with E-state index < -0.39 is 0 Å². The fourth-order valence-corrected chi connectivity index (χ4v) is 3.38. The molecule has 4 rings (SSSR count). The first-order valence-electron chi connectivity index (χ1n) is 8.56. The van der Waals surface area contributed by atoms with Gasteiger partial charge in [-0.3, -0.25) is 9.48 Å². The fraction of sp³-hybridized carbons (Fsp3) is 0.190. The predicted molar refractivity (Wildman–Crippen MR) is 105 cm³/mol. The van der Waals surface area contributed by atoms with Gasteiger partial charge in [0.1, 0.15) is 0 Å². The van der Waals surface area contributed by atoms with Crippen LogP contribution < -0.4 is 5.32 Å². The van der Waals surface area contributed by atoms with Crippen LogP contribution in [0.3, 0.4) is 0 Å². The van der Waals surface area contributed by atoms with E-state index in [1.54, 1.807) is 6.92 Å². The molecule has 0 unspecified atom stereocenters. The number of Topliss-reactive ketones (excluding diaryl/α,β-unsaturated/α-hetero) is 1. The summed E-state index contributed by atoms with van der Waals surface area (Å²) in [5.74, 6) is 0.0621. The molecule has 0 saturated carbocycles. The molecule has 0 radical (unpaired) electrons. The molecule has 1 N–H and O–H groups in total. The van der Waals surface area contributed by atoms with E-state index in [0.29, 0.717) is 5.56 Å². The van der Waals surface area contributed by atoms with Gasteiger partial charge in [-0.05, 0) is 50.6 Å². The quantitative estimate of drug-likeness (QED) is 0.548. The van der Waals surface area contributed by atoms with Crippen molar-refractivity contribution in [3.05, 3.63) is 59.3 Å². The summed E-state index contributed by atoms with van der Waals surface area (Å²) in [5.41, 5.74) is 6.50. The topological polar surface area (TPSA) is 59.8 Å². The lowest BCUT2D eigenvalue weighted by Crippen LogP contribution is -1.98. The molecular formula is C21H20N4O. The number of rotatable bonds is 3. The number of carbonyl (C=O) groups is 1. The monoisotopic (exact) mass is 344 g/mol. The summed E-state index contributed by atoms with van der Waals surface area (Å²) in [4.78, 5) is 16.4. The first-order valence-corrected chi connectivity index (χ1v) is 8.56. The first-order chi connectivity index (χ1) is 12.5. The Hall–Kier alpha value is -3.21. The van der Waals surface area contributed by atoms with Crippen molar-refractivity contribution in [2.24, 2.45) is 7.05 Å². The zero-order valence-corrected chi connectivity index (χ0v) is 15.3. The number of benzene rings is 2. The number of carbonyl (C=O) groups excluding carboxylic acids is 1. The highest BCUT2D eigenvalue weighted by atomic mass is 16.1. The molecule has 0 aliphatic rings. The predicted octanol–water partition coefficient (Wildman–Crippen LogP) is 4.68. The van der Waals surface area contributed by atoms with Crippen LogP contribution in [-0.2, 0) is 7.05 Å². The van der Waals surface area contributed by atoms with Gasteiger partial charge in [0.25, 0.3) is 0 Å². The molecule has 2 heterocycles. The lowest BCUT2D eigenvalue weighted by Gasteiger charge is -2.13. The largest absolute Gasteiger partial charge is 0.354 e. The Kier molecular flexibility index (Phi) is 3.72. The number of aryl methyl sites for hydroxylation is 3. The van der Waals surface area contributed by atoms with Crippen LogP contribution in [0.2, 0.25) is 0 Å². The standard InChI is InChI=1S/C21H20N4O/c1-12-6-5-7-17-19(12)23-21-18(13(2)24-25(21)4)20(17)22-16-10-8-15(9-11-16)14(3)26/h5-11H,1-4H3,(H,22,23). The summed E-state index contributed by atoms with van der Waals surface area (Å²) >= 11 is 0. The maximum atomic E-state index is 11.5. The smallest absolute Gasteiger partial charge is 0.160 e. The Morgan fingerprint density at radius 1 is 1.08 bits per heavy atom. The summed E-state index contributed by atoms with van der Waals surface area (Å²) < 4.78 is 1.82. The van der Waals surface area contributed by atoms with Crippen molar-refractivity contribution in [1.82, 2.24) is 14.8 Å². The van der Waals surface area contributed by atoms with Crippen LogP contribution in [0.1, 0.15) is 28.5 Å². The van der Waals surface area contributed by atoms with Crippen LogP contribution in [0.15, 0.2) is 42.5 Å². The average molecular weight is 344 g/mol. The van der Waals surface area contributed by atoms with Crippen LogP contribution in [-0.4, -0.2) is 20.5 Å². The lowest BCUT2D eigenvalue weighted by atomic mass is 10.1. The van der Waals surface area contributed by atoms with Gasteiger partial charge >= 0.3 is 0 Å². The second-order valence-corrected chi connectivity index (χ2v) is 6.62. The number of pyridine rings is 1. The van der Waals surface area contributed by atoms with E-state index in [1.807, 2.05) is 49.0 Å². The van der Waals surface area contributed by atoms with Crippen molar-refractivity contribution < 1.29 is 4.79 Å². The second-order valence-electron chi connectivity index (χ2n) is 6.62. The maximum absolute atomic E-state index is 11.5. The molecular weight excluding hydrogens is 324 g/mol. The summed E-state index contributed by atoms with van der Waals surface area (Å²) in [5, 5.41) is 10.2. The zero-order chi connectivity index (χ0) is 18.4. The average Bonchev–Trinajstić information content (AvgIpc) is 2.90. The molecule has 2 aromatic heterocycles. The molecule has 26 heavy (non-hydrogen) atoms. The van der Waals surface area contributed by atoms with E-state index in [4.69, 9.17) is 4.98 Å². The van der Waals surface area contributed by atoms with Gasteiger partial charge in [0.05, 0.1) is 22.3 Å². The molecule has 0 spiro atoms. The second kappa shape index (κ2) is 5.95. The number of para-hydroxylation sites is 1. The lowest BCUT2D eigenvalue weighted by molar-refractivity contribution is 0.101. The number of nitrogens with one attached hydrogen (secondary N) is 1. The van der Waals surface area contributed by atoms with Crippen molar-refractivity contribution in [1.29, 1.82) is 0 Å². The SMILES string of the molecule is CC(=O)c1ccc(Nc2c3cccc(C)c3nc3c2c(C)nn3C)cc1. The minimum absolute atomic E-state index is 0.0621. The van der Waals surface area contributed by atoms with Crippen LogP contribution in [0.4, 0.5) is 11.4 Å². The molecule has 130 valence electrons. The minimum Gasteiger partial charge on any atom is -0.354 e. The molecule has 0 amide bonds. The van der Waals surface area contributed by atoms with Crippen molar-refractivity contribution in [2.75, 3.05) is 5.32 Å². The molecule has 5 heteroatoms. The fourth-order valence-electron chi connectivity index (χ4n) is 3.38. The van der Waals surface area contributed by atoms with Gasteiger partial charge in [0.2, 0.25) is 0 Å². The Bertz CT molecular complexity index is 1160. The van der Waals surface area contributed by atoms with Gasteiger partial charge in [-0.2, -0.15) is 5.10 Å². The molecule has 0 aliphatic carbocycles. The van der Waals surface area contributed by atoms with E-state index in [1.165, 1.54) is 0 Å². The third kappa shape index (κ3) is 2.52. The molecule has 0 aliphatic heterocycles. The van der Waals surface area contributed by atoms with Crippen molar-refractivity contribution in [2.45, 2.75) is 20.8 Å². The van der Waals surface area contributed by atoms with Crippen molar-refractivity contribution in [3.8, 4) is 0 Å². The summed E-state index contributed by atoms with van der Waals surface area (Å²) in [6.45, 7) is 5.63. The molecule has 0 saturated heterocycles. The summed E-state index contributed by atoms with van der Waals surface area (Å²) in [6, 6.07) is 13.7. The van der Waals surface area contributed by atoms with E-state index in [0.717, 1.165) is 44.6 Å². The summed E-state index contributed by atoms with van der Waals surface area (Å²) in [7, 11) is 1.91. The van der Waals surface area contributed by atoms with Crippen LogP contribution in [0.5, 0.6) is 0 Å². The molecule has 4 aromatic rings.